The number of nitrogens with two attached hydrogens (primary N) is 1. The van der Waals surface area contributed by atoms with E-state index in [1.54, 1.807) is 12.1 Å². The predicted molar refractivity (Wildman–Crippen MR) is 80.7 cm³/mol. The van der Waals surface area contributed by atoms with E-state index in [0.29, 0.717) is 10.6 Å². The summed E-state index contributed by atoms with van der Waals surface area (Å²) in [7, 11) is 0. The molecule has 2 amide bonds. The summed E-state index contributed by atoms with van der Waals surface area (Å²) in [6.45, 7) is 0. The Bertz CT molecular complexity index is 722. The molecule has 0 spiro atoms. The summed E-state index contributed by atoms with van der Waals surface area (Å²) in [5.74, 6) is -2.80. The van der Waals surface area contributed by atoms with E-state index in [-0.39, 0.29) is 17.2 Å². The number of nitrogens with one attached hydrogen (secondary N) is 1. The Kier molecular flexibility index (Phi) is 5.11. The Hall–Kier alpha value is -2.41. The lowest BCUT2D eigenvalue weighted by Gasteiger charge is -2.06. The summed E-state index contributed by atoms with van der Waals surface area (Å²) in [4.78, 5) is 23.3. The van der Waals surface area contributed by atoms with Crippen LogP contribution in [0.3, 0.4) is 0 Å². The molecular weight excluding hydrogens is 310 g/mol. The smallest absolute Gasteiger partial charge is 0.248 e. The van der Waals surface area contributed by atoms with Gasteiger partial charge in [0.25, 0.3) is 0 Å². The number of carbonyl (C=O) groups is 2. The Balaban J connectivity index is 1.94. The molecule has 0 fully saturated rings. The number of hydrogen-bond acceptors (Lipinski definition) is 3. The van der Waals surface area contributed by atoms with Crippen molar-refractivity contribution in [2.24, 2.45) is 5.73 Å². The molecule has 2 rings (SSSR count). The lowest BCUT2D eigenvalue weighted by atomic mass is 10.2. The number of amides is 2. The summed E-state index contributed by atoms with van der Waals surface area (Å²) >= 11 is 1.07. The van der Waals surface area contributed by atoms with Crippen LogP contribution in [-0.2, 0) is 4.79 Å². The van der Waals surface area contributed by atoms with Crippen molar-refractivity contribution in [3.05, 3.63) is 59.7 Å². The zero-order valence-corrected chi connectivity index (χ0v) is 12.1. The van der Waals surface area contributed by atoms with Gasteiger partial charge in [-0.1, -0.05) is 6.07 Å². The number of benzene rings is 2. The number of halogens is 2. The lowest BCUT2D eigenvalue weighted by Crippen LogP contribution is -2.15. The molecule has 0 heterocycles. The van der Waals surface area contributed by atoms with Gasteiger partial charge in [0.15, 0.2) is 11.6 Å². The molecule has 0 bridgehead atoms. The van der Waals surface area contributed by atoms with Crippen molar-refractivity contribution in [3.63, 3.8) is 0 Å². The quantitative estimate of drug-likeness (QED) is 0.832. The summed E-state index contributed by atoms with van der Waals surface area (Å²) in [5.41, 5.74) is 5.87. The van der Waals surface area contributed by atoms with Crippen LogP contribution in [0.1, 0.15) is 10.4 Å². The zero-order chi connectivity index (χ0) is 16.1. The molecule has 0 aromatic heterocycles. The molecule has 0 atom stereocenters. The van der Waals surface area contributed by atoms with Crippen LogP contribution < -0.4 is 11.1 Å². The van der Waals surface area contributed by atoms with E-state index in [1.165, 1.54) is 18.2 Å². The maximum atomic E-state index is 13.0. The molecule has 7 heteroatoms. The second-order valence-corrected chi connectivity index (χ2v) is 5.41. The van der Waals surface area contributed by atoms with E-state index in [9.17, 15) is 18.4 Å². The molecule has 2 aromatic carbocycles. The SMILES string of the molecule is NC(=O)c1cccc(NC(=O)CSc2ccc(F)c(F)c2)c1. The van der Waals surface area contributed by atoms with Gasteiger partial charge in [0.1, 0.15) is 0 Å². The fourth-order valence-electron chi connectivity index (χ4n) is 1.66. The third-order valence-electron chi connectivity index (χ3n) is 2.69. The predicted octanol–water partition coefficient (Wildman–Crippen LogP) is 2.79. The monoisotopic (exact) mass is 322 g/mol. The van der Waals surface area contributed by atoms with Crippen LogP contribution in [0.2, 0.25) is 0 Å². The van der Waals surface area contributed by atoms with Crippen LogP contribution in [0.5, 0.6) is 0 Å². The third-order valence-corrected chi connectivity index (χ3v) is 3.69. The summed E-state index contributed by atoms with van der Waals surface area (Å²) < 4.78 is 25.8. The molecule has 4 nitrogen and oxygen atoms in total. The average Bonchev–Trinajstić information content (AvgIpc) is 2.49. The summed E-state index contributed by atoms with van der Waals surface area (Å²) in [6, 6.07) is 9.64. The highest BCUT2D eigenvalue weighted by Crippen LogP contribution is 2.20. The van der Waals surface area contributed by atoms with Crippen LogP contribution in [0, 0.1) is 11.6 Å². The topological polar surface area (TPSA) is 72.2 Å². The molecule has 2 aromatic rings. The van der Waals surface area contributed by atoms with Crippen molar-refractivity contribution in [1.29, 1.82) is 0 Å². The fraction of sp³-hybridized carbons (Fsp3) is 0.0667. The Labute approximate surface area is 129 Å². The number of hydrogen-bond donors (Lipinski definition) is 2. The highest BCUT2D eigenvalue weighted by atomic mass is 32.2. The summed E-state index contributed by atoms with van der Waals surface area (Å²) in [6.07, 6.45) is 0. The number of rotatable bonds is 5. The highest BCUT2D eigenvalue weighted by molar-refractivity contribution is 8.00. The van der Waals surface area contributed by atoms with E-state index in [0.717, 1.165) is 23.9 Å². The van der Waals surface area contributed by atoms with Crippen LogP contribution >= 0.6 is 11.8 Å². The number of primary amides is 1. The van der Waals surface area contributed by atoms with E-state index >= 15 is 0 Å². The van der Waals surface area contributed by atoms with Gasteiger partial charge in [-0.15, -0.1) is 11.8 Å². The first kappa shape index (κ1) is 16.0. The standard InChI is InChI=1S/C15H12F2N2O2S/c16-12-5-4-11(7-13(12)17)22-8-14(20)19-10-3-1-2-9(6-10)15(18)21/h1-7H,8H2,(H2,18,21)(H,19,20). The molecule has 0 saturated carbocycles. The minimum absolute atomic E-state index is 0.0197. The van der Waals surface area contributed by atoms with E-state index in [2.05, 4.69) is 5.32 Å². The van der Waals surface area contributed by atoms with Gasteiger partial charge >= 0.3 is 0 Å². The molecule has 0 aliphatic rings. The van der Waals surface area contributed by atoms with Crippen molar-refractivity contribution in [2.45, 2.75) is 4.90 Å². The van der Waals surface area contributed by atoms with Gasteiger partial charge in [0, 0.05) is 16.1 Å². The first-order valence-corrected chi connectivity index (χ1v) is 7.22. The Morgan fingerprint density at radius 2 is 1.86 bits per heavy atom. The van der Waals surface area contributed by atoms with Crippen LogP contribution in [0.4, 0.5) is 14.5 Å². The largest absolute Gasteiger partial charge is 0.366 e. The first-order valence-electron chi connectivity index (χ1n) is 6.23. The molecular formula is C15H12F2N2O2S. The molecule has 22 heavy (non-hydrogen) atoms. The van der Waals surface area contributed by atoms with Gasteiger partial charge in [-0.3, -0.25) is 9.59 Å². The molecule has 114 valence electrons. The van der Waals surface area contributed by atoms with Gasteiger partial charge in [-0.25, -0.2) is 8.78 Å². The van der Waals surface area contributed by atoms with Gasteiger partial charge < -0.3 is 11.1 Å². The maximum absolute atomic E-state index is 13.0. The number of thioether (sulfide) groups is 1. The fourth-order valence-corrected chi connectivity index (χ4v) is 2.38. The molecule has 0 unspecified atom stereocenters. The van der Waals surface area contributed by atoms with Crippen LogP contribution in [0.15, 0.2) is 47.4 Å². The van der Waals surface area contributed by atoms with Crippen LogP contribution in [0.25, 0.3) is 0 Å². The van der Waals surface area contributed by atoms with Crippen molar-refractivity contribution in [2.75, 3.05) is 11.1 Å². The van der Waals surface area contributed by atoms with Gasteiger partial charge in [-0.05, 0) is 36.4 Å². The zero-order valence-electron chi connectivity index (χ0n) is 11.3. The van der Waals surface area contributed by atoms with Crippen molar-refractivity contribution in [3.8, 4) is 0 Å². The lowest BCUT2D eigenvalue weighted by molar-refractivity contribution is -0.113. The molecule has 0 aliphatic heterocycles. The van der Waals surface area contributed by atoms with Gasteiger partial charge in [0.2, 0.25) is 11.8 Å². The van der Waals surface area contributed by atoms with Crippen molar-refractivity contribution >= 4 is 29.3 Å². The average molecular weight is 322 g/mol. The summed E-state index contributed by atoms with van der Waals surface area (Å²) in [5, 5.41) is 2.60. The minimum atomic E-state index is -0.959. The van der Waals surface area contributed by atoms with E-state index < -0.39 is 17.5 Å². The highest BCUT2D eigenvalue weighted by Gasteiger charge is 2.08. The second-order valence-electron chi connectivity index (χ2n) is 4.36. The van der Waals surface area contributed by atoms with E-state index in [1.807, 2.05) is 0 Å². The molecule has 3 N–H and O–H groups in total. The van der Waals surface area contributed by atoms with Gasteiger partial charge in [-0.2, -0.15) is 0 Å². The normalized spacial score (nSPS) is 10.3. The van der Waals surface area contributed by atoms with Crippen molar-refractivity contribution in [1.82, 2.24) is 0 Å². The first-order chi connectivity index (χ1) is 10.5. The molecule has 0 aliphatic carbocycles. The maximum Gasteiger partial charge on any atom is 0.248 e. The second kappa shape index (κ2) is 7.04. The molecule has 0 saturated heterocycles. The molecule has 0 radical (unpaired) electrons. The van der Waals surface area contributed by atoms with E-state index in [4.69, 9.17) is 5.73 Å². The van der Waals surface area contributed by atoms with Gasteiger partial charge in [0.05, 0.1) is 5.75 Å². The Morgan fingerprint density at radius 1 is 1.09 bits per heavy atom. The number of carbonyl (C=O) groups excluding carboxylic acids is 2. The third kappa shape index (κ3) is 4.29. The van der Waals surface area contributed by atoms with Crippen LogP contribution in [-0.4, -0.2) is 17.6 Å². The number of anilines is 1. The van der Waals surface area contributed by atoms with Crippen molar-refractivity contribution < 1.29 is 18.4 Å². The Morgan fingerprint density at radius 3 is 2.55 bits per heavy atom. The minimum Gasteiger partial charge on any atom is -0.366 e.